The van der Waals surface area contributed by atoms with Crippen molar-refractivity contribution < 1.29 is 14.6 Å². The summed E-state index contributed by atoms with van der Waals surface area (Å²) in [5.74, 6) is 0.717. The van der Waals surface area contributed by atoms with Crippen LogP contribution in [0.4, 0.5) is 5.69 Å². The number of amides is 1. The molecule has 19 heavy (non-hydrogen) atoms. The van der Waals surface area contributed by atoms with Gasteiger partial charge in [0.15, 0.2) is 0 Å². The highest BCUT2D eigenvalue weighted by Gasteiger charge is 2.30. The molecule has 1 N–H and O–H groups in total. The summed E-state index contributed by atoms with van der Waals surface area (Å²) in [6.45, 7) is 1.33. The zero-order valence-corrected chi connectivity index (χ0v) is 11.4. The molecule has 1 amide bonds. The number of rotatable bonds is 3. The third-order valence-corrected chi connectivity index (χ3v) is 3.53. The van der Waals surface area contributed by atoms with E-state index >= 15 is 0 Å². The van der Waals surface area contributed by atoms with Crippen LogP contribution in [-0.2, 0) is 4.79 Å². The van der Waals surface area contributed by atoms with E-state index in [-0.39, 0.29) is 12.5 Å². The average molecular weight is 264 g/mol. The van der Waals surface area contributed by atoms with E-state index in [1.807, 2.05) is 36.2 Å². The highest BCUT2D eigenvalue weighted by atomic mass is 16.5. The molecule has 2 rings (SSSR count). The number of aliphatic hydroxyl groups excluding tert-OH is 1. The first kappa shape index (κ1) is 13.8. The number of likely N-dealkylation sites (N-methyl/N-ethyl adjacent to an activating group) is 1. The summed E-state index contributed by atoms with van der Waals surface area (Å²) >= 11 is 0. The molecule has 104 valence electrons. The van der Waals surface area contributed by atoms with Crippen molar-refractivity contribution >= 4 is 11.6 Å². The Kier molecular flexibility index (Phi) is 4.39. The molecular weight excluding hydrogens is 244 g/mol. The van der Waals surface area contributed by atoms with Crippen LogP contribution in [0.3, 0.4) is 0 Å². The van der Waals surface area contributed by atoms with Crippen LogP contribution in [0.2, 0.25) is 0 Å². The Labute approximate surface area is 113 Å². The van der Waals surface area contributed by atoms with Gasteiger partial charge in [-0.1, -0.05) is 0 Å². The normalized spacial score (nSPS) is 21.3. The second-order valence-electron chi connectivity index (χ2n) is 4.72. The summed E-state index contributed by atoms with van der Waals surface area (Å²) in [4.78, 5) is 16.1. The van der Waals surface area contributed by atoms with Gasteiger partial charge in [0.2, 0.25) is 5.91 Å². The lowest BCUT2D eigenvalue weighted by Gasteiger charge is -2.26. The Bertz CT molecular complexity index is 433. The molecular formula is C14H20N2O3. The molecule has 1 fully saturated rings. The number of benzene rings is 1. The summed E-state index contributed by atoms with van der Waals surface area (Å²) in [5.41, 5.74) is 0.847. The van der Waals surface area contributed by atoms with E-state index in [1.54, 1.807) is 12.0 Å². The summed E-state index contributed by atoms with van der Waals surface area (Å²) < 4.78 is 5.12. The third-order valence-electron chi connectivity index (χ3n) is 3.53. The van der Waals surface area contributed by atoms with E-state index in [2.05, 4.69) is 0 Å². The molecule has 1 aromatic carbocycles. The minimum Gasteiger partial charge on any atom is -0.497 e. The molecule has 0 aromatic heterocycles. The molecule has 1 heterocycles. The molecule has 0 radical (unpaired) electrons. The number of methoxy groups -OCH3 is 1. The summed E-state index contributed by atoms with van der Waals surface area (Å²) in [5, 5.41) is 9.39. The van der Waals surface area contributed by atoms with Crippen LogP contribution in [0, 0.1) is 0 Å². The largest absolute Gasteiger partial charge is 0.497 e. The zero-order valence-electron chi connectivity index (χ0n) is 11.4. The van der Waals surface area contributed by atoms with Crippen LogP contribution < -0.4 is 9.64 Å². The summed E-state index contributed by atoms with van der Waals surface area (Å²) in [7, 11) is 3.49. The van der Waals surface area contributed by atoms with E-state index in [0.29, 0.717) is 6.54 Å². The molecule has 5 heteroatoms. The molecule has 1 unspecified atom stereocenters. The highest BCUT2D eigenvalue weighted by Crippen LogP contribution is 2.22. The standard InChI is InChI=1S/C14H20N2O3/c1-15-8-3-9-16(14(18)13(15)10-17)11-4-6-12(19-2)7-5-11/h4-7,13,17H,3,8-10H2,1-2H3. The Morgan fingerprint density at radius 2 is 2.00 bits per heavy atom. The minimum absolute atomic E-state index is 0.0485. The van der Waals surface area contributed by atoms with Gasteiger partial charge in [-0.2, -0.15) is 0 Å². The maximum absolute atomic E-state index is 12.4. The number of aliphatic hydroxyl groups is 1. The predicted molar refractivity (Wildman–Crippen MR) is 73.5 cm³/mol. The molecule has 0 aliphatic carbocycles. The van der Waals surface area contributed by atoms with Gasteiger partial charge in [-0.3, -0.25) is 9.69 Å². The predicted octanol–water partition coefficient (Wildman–Crippen LogP) is 0.725. The molecule has 0 bridgehead atoms. The second-order valence-corrected chi connectivity index (χ2v) is 4.72. The van der Waals surface area contributed by atoms with E-state index in [1.165, 1.54) is 0 Å². The van der Waals surface area contributed by atoms with Gasteiger partial charge in [0, 0.05) is 18.8 Å². The fraction of sp³-hybridized carbons (Fsp3) is 0.500. The molecule has 1 aromatic rings. The lowest BCUT2D eigenvalue weighted by molar-refractivity contribution is -0.123. The minimum atomic E-state index is -0.454. The van der Waals surface area contributed by atoms with Crippen LogP contribution in [0.1, 0.15) is 6.42 Å². The van der Waals surface area contributed by atoms with Crippen molar-refractivity contribution in [3.63, 3.8) is 0 Å². The van der Waals surface area contributed by atoms with Gasteiger partial charge in [0.05, 0.1) is 13.7 Å². The number of carbonyl (C=O) groups is 1. The van der Waals surface area contributed by atoms with Gasteiger partial charge in [0.25, 0.3) is 0 Å². The lowest BCUT2D eigenvalue weighted by atomic mass is 10.2. The van der Waals surface area contributed by atoms with Crippen molar-refractivity contribution in [2.24, 2.45) is 0 Å². The molecule has 1 aliphatic rings. The first-order valence-corrected chi connectivity index (χ1v) is 6.44. The number of hydrogen-bond acceptors (Lipinski definition) is 4. The Morgan fingerprint density at radius 3 is 2.58 bits per heavy atom. The Hall–Kier alpha value is -1.59. The van der Waals surface area contributed by atoms with E-state index < -0.39 is 6.04 Å². The van der Waals surface area contributed by atoms with E-state index in [0.717, 1.165) is 24.4 Å². The van der Waals surface area contributed by atoms with Gasteiger partial charge in [-0.05, 0) is 37.7 Å². The van der Waals surface area contributed by atoms with E-state index in [9.17, 15) is 9.90 Å². The number of nitrogens with zero attached hydrogens (tertiary/aromatic N) is 2. The monoisotopic (exact) mass is 264 g/mol. The molecule has 1 atom stereocenters. The second kappa shape index (κ2) is 6.04. The highest BCUT2D eigenvalue weighted by molar-refractivity contribution is 5.97. The fourth-order valence-corrected chi connectivity index (χ4v) is 2.35. The van der Waals surface area contributed by atoms with Crippen molar-refractivity contribution in [1.29, 1.82) is 0 Å². The van der Waals surface area contributed by atoms with Crippen molar-refractivity contribution in [2.45, 2.75) is 12.5 Å². The third kappa shape index (κ3) is 2.88. The zero-order chi connectivity index (χ0) is 13.8. The Balaban J connectivity index is 2.23. The van der Waals surface area contributed by atoms with Crippen molar-refractivity contribution in [3.05, 3.63) is 24.3 Å². The maximum atomic E-state index is 12.4. The van der Waals surface area contributed by atoms with Crippen molar-refractivity contribution in [1.82, 2.24) is 4.90 Å². The maximum Gasteiger partial charge on any atom is 0.246 e. The first-order valence-electron chi connectivity index (χ1n) is 6.44. The summed E-state index contributed by atoms with van der Waals surface area (Å²) in [6, 6.07) is 6.97. The summed E-state index contributed by atoms with van der Waals surface area (Å²) in [6.07, 6.45) is 0.894. The van der Waals surface area contributed by atoms with Crippen LogP contribution in [0.15, 0.2) is 24.3 Å². The average Bonchev–Trinajstić information content (AvgIpc) is 2.57. The lowest BCUT2D eigenvalue weighted by Crippen LogP contribution is -2.46. The molecule has 0 spiro atoms. The molecule has 1 saturated heterocycles. The smallest absolute Gasteiger partial charge is 0.246 e. The van der Waals surface area contributed by atoms with Crippen LogP contribution in [0.5, 0.6) is 5.75 Å². The topological polar surface area (TPSA) is 53.0 Å². The van der Waals surface area contributed by atoms with Crippen molar-refractivity contribution in [2.75, 3.05) is 38.8 Å². The van der Waals surface area contributed by atoms with Crippen LogP contribution in [0.25, 0.3) is 0 Å². The van der Waals surface area contributed by atoms with Crippen molar-refractivity contribution in [3.8, 4) is 5.75 Å². The van der Waals surface area contributed by atoms with Gasteiger partial charge in [-0.15, -0.1) is 0 Å². The molecule has 1 aliphatic heterocycles. The van der Waals surface area contributed by atoms with Gasteiger partial charge >= 0.3 is 0 Å². The quantitative estimate of drug-likeness (QED) is 0.874. The molecule has 5 nitrogen and oxygen atoms in total. The van der Waals surface area contributed by atoms with E-state index in [4.69, 9.17) is 4.74 Å². The number of hydrogen-bond donors (Lipinski definition) is 1. The first-order chi connectivity index (χ1) is 9.17. The van der Waals surface area contributed by atoms with Crippen LogP contribution >= 0.6 is 0 Å². The van der Waals surface area contributed by atoms with Gasteiger partial charge in [-0.25, -0.2) is 0 Å². The Morgan fingerprint density at radius 1 is 1.32 bits per heavy atom. The molecule has 0 saturated carbocycles. The number of carbonyl (C=O) groups excluding carboxylic acids is 1. The van der Waals surface area contributed by atoms with Crippen LogP contribution in [-0.4, -0.2) is 55.8 Å². The number of anilines is 1. The fourth-order valence-electron chi connectivity index (χ4n) is 2.35. The number of ether oxygens (including phenoxy) is 1. The van der Waals surface area contributed by atoms with Gasteiger partial charge < -0.3 is 14.7 Å². The SMILES string of the molecule is COc1ccc(N2CCCN(C)C(CO)C2=O)cc1. The van der Waals surface area contributed by atoms with Gasteiger partial charge in [0.1, 0.15) is 11.8 Å².